The maximum absolute atomic E-state index is 13.1. The maximum atomic E-state index is 13.1. The molecule has 1 N–H and O–H groups in total. The van der Waals surface area contributed by atoms with Crippen LogP contribution in [0.2, 0.25) is 0 Å². The number of nitrogens with zero attached hydrogens (tertiary/aromatic N) is 2. The SMILES string of the molecule is Cc1ccc([N+](=O)[O-])cc1N(C(C)C(=O)NC1CCCc2ccccc21)S(C)(=O)=O. The molecule has 8 nitrogen and oxygen atoms in total. The van der Waals surface area contributed by atoms with Crippen LogP contribution >= 0.6 is 0 Å². The van der Waals surface area contributed by atoms with E-state index in [1.807, 2.05) is 24.3 Å². The van der Waals surface area contributed by atoms with Crippen molar-refractivity contribution < 1.29 is 18.1 Å². The Kier molecular flexibility index (Phi) is 6.12. The minimum absolute atomic E-state index is 0.124. The van der Waals surface area contributed by atoms with E-state index in [1.54, 1.807) is 6.92 Å². The van der Waals surface area contributed by atoms with Gasteiger partial charge >= 0.3 is 0 Å². The number of anilines is 1. The number of nitro groups is 1. The minimum Gasteiger partial charge on any atom is -0.347 e. The van der Waals surface area contributed by atoms with Crippen molar-refractivity contribution in [3.8, 4) is 0 Å². The molecule has 0 saturated carbocycles. The highest BCUT2D eigenvalue weighted by Crippen LogP contribution is 2.31. The average Bonchev–Trinajstić information content (AvgIpc) is 2.68. The molecule has 2 aromatic carbocycles. The monoisotopic (exact) mass is 431 g/mol. The summed E-state index contributed by atoms with van der Waals surface area (Å²) in [5.41, 5.74) is 2.63. The first-order valence-electron chi connectivity index (χ1n) is 9.72. The van der Waals surface area contributed by atoms with Gasteiger partial charge in [0.05, 0.1) is 22.9 Å². The number of nitrogens with one attached hydrogen (secondary N) is 1. The van der Waals surface area contributed by atoms with E-state index < -0.39 is 26.9 Å². The Hall–Kier alpha value is -2.94. The maximum Gasteiger partial charge on any atom is 0.271 e. The molecule has 0 aliphatic heterocycles. The lowest BCUT2D eigenvalue weighted by Crippen LogP contribution is -2.49. The van der Waals surface area contributed by atoms with Crippen molar-refractivity contribution in [3.05, 3.63) is 69.3 Å². The van der Waals surface area contributed by atoms with E-state index in [0.29, 0.717) is 5.56 Å². The smallest absolute Gasteiger partial charge is 0.271 e. The Bertz CT molecular complexity index is 1080. The molecule has 0 radical (unpaired) electrons. The quantitative estimate of drug-likeness (QED) is 0.558. The van der Waals surface area contributed by atoms with Crippen LogP contribution in [0.5, 0.6) is 0 Å². The predicted molar refractivity (Wildman–Crippen MR) is 115 cm³/mol. The van der Waals surface area contributed by atoms with Crippen molar-refractivity contribution >= 4 is 27.3 Å². The van der Waals surface area contributed by atoms with Crippen LogP contribution in [0.3, 0.4) is 0 Å². The van der Waals surface area contributed by atoms with Gasteiger partial charge in [-0.2, -0.15) is 0 Å². The molecule has 0 aromatic heterocycles. The summed E-state index contributed by atoms with van der Waals surface area (Å²) >= 11 is 0. The largest absolute Gasteiger partial charge is 0.347 e. The number of carbonyl (C=O) groups excluding carboxylic acids is 1. The first kappa shape index (κ1) is 21.8. The molecule has 0 fully saturated rings. The van der Waals surface area contributed by atoms with Crippen molar-refractivity contribution in [2.75, 3.05) is 10.6 Å². The van der Waals surface area contributed by atoms with Gasteiger partial charge in [0, 0.05) is 12.1 Å². The topological polar surface area (TPSA) is 110 Å². The van der Waals surface area contributed by atoms with E-state index >= 15 is 0 Å². The Balaban J connectivity index is 1.92. The van der Waals surface area contributed by atoms with Crippen LogP contribution < -0.4 is 9.62 Å². The van der Waals surface area contributed by atoms with E-state index in [4.69, 9.17) is 0 Å². The lowest BCUT2D eigenvalue weighted by atomic mass is 9.87. The molecule has 2 unspecified atom stereocenters. The number of nitro benzene ring substituents is 1. The third-order valence-electron chi connectivity index (χ3n) is 5.42. The van der Waals surface area contributed by atoms with Crippen LogP contribution in [0.1, 0.15) is 42.5 Å². The number of amides is 1. The lowest BCUT2D eigenvalue weighted by molar-refractivity contribution is -0.384. The minimum atomic E-state index is -3.88. The third kappa shape index (κ3) is 4.46. The van der Waals surface area contributed by atoms with E-state index in [-0.39, 0.29) is 17.4 Å². The van der Waals surface area contributed by atoms with E-state index in [1.165, 1.54) is 30.7 Å². The van der Waals surface area contributed by atoms with Gasteiger partial charge in [0.2, 0.25) is 15.9 Å². The van der Waals surface area contributed by atoms with Gasteiger partial charge in [0.25, 0.3) is 5.69 Å². The van der Waals surface area contributed by atoms with Gasteiger partial charge in [-0.25, -0.2) is 8.42 Å². The molecule has 1 aliphatic carbocycles. The van der Waals surface area contributed by atoms with Crippen molar-refractivity contribution in [1.29, 1.82) is 0 Å². The summed E-state index contributed by atoms with van der Waals surface area (Å²) in [6.45, 7) is 3.14. The zero-order valence-corrected chi connectivity index (χ0v) is 18.0. The van der Waals surface area contributed by atoms with Gasteiger partial charge in [-0.3, -0.25) is 19.2 Å². The predicted octanol–water partition coefficient (Wildman–Crippen LogP) is 3.25. The molecular weight excluding hydrogens is 406 g/mol. The number of carbonyl (C=O) groups is 1. The molecule has 160 valence electrons. The van der Waals surface area contributed by atoms with E-state index in [0.717, 1.165) is 35.4 Å². The molecule has 30 heavy (non-hydrogen) atoms. The Morgan fingerprint density at radius 3 is 2.63 bits per heavy atom. The van der Waals surface area contributed by atoms with Crippen molar-refractivity contribution in [3.63, 3.8) is 0 Å². The zero-order valence-electron chi connectivity index (χ0n) is 17.2. The number of hydrogen-bond donors (Lipinski definition) is 1. The van der Waals surface area contributed by atoms with Gasteiger partial charge in [0.15, 0.2) is 0 Å². The number of aryl methyl sites for hydroxylation is 2. The second-order valence-corrected chi connectivity index (χ2v) is 9.47. The summed E-state index contributed by atoms with van der Waals surface area (Å²) in [7, 11) is -3.88. The molecule has 2 atom stereocenters. The van der Waals surface area contributed by atoms with Crippen LogP contribution in [0, 0.1) is 17.0 Å². The van der Waals surface area contributed by atoms with Crippen LogP contribution in [-0.2, 0) is 21.2 Å². The molecular formula is C21H25N3O5S. The third-order valence-corrected chi connectivity index (χ3v) is 6.64. The number of fused-ring (bicyclic) bond motifs is 1. The number of hydrogen-bond acceptors (Lipinski definition) is 5. The normalized spacial score (nSPS) is 17.0. The highest BCUT2D eigenvalue weighted by Gasteiger charge is 2.33. The summed E-state index contributed by atoms with van der Waals surface area (Å²) in [5, 5.41) is 14.2. The molecule has 2 aromatic rings. The number of rotatable bonds is 6. The number of sulfonamides is 1. The van der Waals surface area contributed by atoms with E-state index in [9.17, 15) is 23.3 Å². The van der Waals surface area contributed by atoms with Gasteiger partial charge in [-0.15, -0.1) is 0 Å². The van der Waals surface area contributed by atoms with Gasteiger partial charge in [-0.1, -0.05) is 30.3 Å². The first-order chi connectivity index (χ1) is 14.1. The summed E-state index contributed by atoms with van der Waals surface area (Å²) in [5.74, 6) is -0.451. The Labute approximate surface area is 176 Å². The van der Waals surface area contributed by atoms with Gasteiger partial charge in [-0.05, 0) is 49.8 Å². The molecule has 1 amide bonds. The highest BCUT2D eigenvalue weighted by atomic mass is 32.2. The summed E-state index contributed by atoms with van der Waals surface area (Å²) in [6.07, 6.45) is 3.63. The fourth-order valence-corrected chi connectivity index (χ4v) is 5.15. The molecule has 1 aliphatic rings. The fraction of sp³-hybridized carbons (Fsp3) is 0.381. The number of non-ortho nitro benzene ring substituents is 1. The Morgan fingerprint density at radius 1 is 1.27 bits per heavy atom. The Morgan fingerprint density at radius 2 is 1.97 bits per heavy atom. The van der Waals surface area contributed by atoms with Crippen molar-refractivity contribution in [1.82, 2.24) is 5.32 Å². The second-order valence-electron chi connectivity index (χ2n) is 7.61. The first-order valence-corrected chi connectivity index (χ1v) is 11.6. The molecule has 0 heterocycles. The molecule has 9 heteroatoms. The average molecular weight is 432 g/mol. The van der Waals surface area contributed by atoms with E-state index in [2.05, 4.69) is 5.32 Å². The second kappa shape index (κ2) is 8.43. The van der Waals surface area contributed by atoms with Crippen LogP contribution in [0.25, 0.3) is 0 Å². The summed E-state index contributed by atoms with van der Waals surface area (Å²) in [6, 6.07) is 10.6. The number of benzene rings is 2. The van der Waals surface area contributed by atoms with Crippen molar-refractivity contribution in [2.24, 2.45) is 0 Å². The fourth-order valence-electron chi connectivity index (χ4n) is 3.93. The van der Waals surface area contributed by atoms with Crippen LogP contribution in [0.15, 0.2) is 42.5 Å². The zero-order chi connectivity index (χ0) is 22.1. The molecule has 0 spiro atoms. The lowest BCUT2D eigenvalue weighted by Gasteiger charge is -2.32. The van der Waals surface area contributed by atoms with Crippen molar-refractivity contribution in [2.45, 2.75) is 45.2 Å². The molecule has 0 saturated heterocycles. The summed E-state index contributed by atoms with van der Waals surface area (Å²) < 4.78 is 26.1. The molecule has 0 bridgehead atoms. The van der Waals surface area contributed by atoms with Crippen LogP contribution in [-0.4, -0.2) is 31.5 Å². The highest BCUT2D eigenvalue weighted by molar-refractivity contribution is 7.92. The van der Waals surface area contributed by atoms with Crippen LogP contribution in [0.4, 0.5) is 11.4 Å². The molecule has 3 rings (SSSR count). The standard InChI is InChI=1S/C21H25N3O5S/c1-14-11-12-17(24(26)27)13-20(14)23(30(3,28)29)15(2)21(25)22-19-10-6-8-16-7-4-5-9-18(16)19/h4-5,7,9,11-13,15,19H,6,8,10H2,1-3H3,(H,22,25). The van der Waals surface area contributed by atoms with Gasteiger partial charge in [0.1, 0.15) is 6.04 Å². The van der Waals surface area contributed by atoms with Gasteiger partial charge < -0.3 is 5.32 Å². The summed E-state index contributed by atoms with van der Waals surface area (Å²) in [4.78, 5) is 23.6.